The first-order chi connectivity index (χ1) is 20.0. The monoisotopic (exact) mass is 599 g/mol. The van der Waals surface area contributed by atoms with E-state index in [1.807, 2.05) is 36.4 Å². The summed E-state index contributed by atoms with van der Waals surface area (Å²) >= 11 is 5.99. The van der Waals surface area contributed by atoms with Crippen LogP contribution in [-0.4, -0.2) is 20.9 Å². The van der Waals surface area contributed by atoms with Crippen LogP contribution in [-0.2, 0) is 12.8 Å². The minimum atomic E-state index is -0.353. The number of benzene rings is 3. The molecule has 0 heterocycles. The molecule has 4 rings (SSSR count). The number of ketones is 1. The molecule has 1 aliphatic rings. The molecule has 0 aromatic heterocycles. The molecule has 43 heavy (non-hydrogen) atoms. The van der Waals surface area contributed by atoms with Gasteiger partial charge in [0.15, 0.2) is 5.78 Å². The summed E-state index contributed by atoms with van der Waals surface area (Å²) in [4.78, 5) is 14.7. The number of hydrogen-bond donors (Lipinski definition) is 3. The van der Waals surface area contributed by atoms with E-state index in [0.717, 1.165) is 36.8 Å². The Bertz CT molecular complexity index is 1530. The Morgan fingerprint density at radius 1 is 0.744 bits per heavy atom. The Morgan fingerprint density at radius 2 is 1.23 bits per heavy atom. The number of phenols is 2. The number of carbonyl (C=O) groups excluding carboxylic acids is 1. The normalized spacial score (nSPS) is 14.8. The zero-order valence-electron chi connectivity index (χ0n) is 27.2. The molecule has 0 spiro atoms. The first kappa shape index (κ1) is 32.7. The summed E-state index contributed by atoms with van der Waals surface area (Å²) < 4.78 is 0. The summed E-state index contributed by atoms with van der Waals surface area (Å²) in [7, 11) is 0. The van der Waals surface area contributed by atoms with E-state index in [1.54, 1.807) is 6.07 Å². The number of nitrogens with two attached hydrogens (primary N) is 1. The topological polar surface area (TPSA) is 83.5 Å². The van der Waals surface area contributed by atoms with Gasteiger partial charge in [0, 0.05) is 22.4 Å². The molecular formula is C38H49NO3S. The highest BCUT2D eigenvalue weighted by molar-refractivity contribution is 7.81. The third-order valence-corrected chi connectivity index (χ3v) is 8.92. The van der Waals surface area contributed by atoms with Crippen molar-refractivity contribution in [2.45, 2.75) is 93.9 Å². The molecule has 0 aliphatic heterocycles. The van der Waals surface area contributed by atoms with Crippen LogP contribution in [0, 0.1) is 22.7 Å². The van der Waals surface area contributed by atoms with E-state index in [9.17, 15) is 15.0 Å². The molecule has 1 aliphatic carbocycles. The van der Waals surface area contributed by atoms with Gasteiger partial charge in [-0.15, -0.1) is 0 Å². The van der Waals surface area contributed by atoms with Crippen molar-refractivity contribution >= 4 is 28.6 Å². The smallest absolute Gasteiger partial charge is 0.198 e. The summed E-state index contributed by atoms with van der Waals surface area (Å²) in [6, 6.07) is 13.4. The molecule has 2 atom stereocenters. The number of anilines is 1. The third kappa shape index (κ3) is 7.32. The Balaban J connectivity index is 1.81. The van der Waals surface area contributed by atoms with Gasteiger partial charge < -0.3 is 15.9 Å². The number of carbonyl (C=O) groups is 1. The second-order valence-corrected chi connectivity index (χ2v) is 15.7. The summed E-state index contributed by atoms with van der Waals surface area (Å²) in [5, 5.41) is 23.2. The fourth-order valence-corrected chi connectivity index (χ4v) is 7.40. The maximum atomic E-state index is 14.4. The summed E-state index contributed by atoms with van der Waals surface area (Å²) in [5.74, 6) is 0.543. The highest BCUT2D eigenvalue weighted by Crippen LogP contribution is 2.46. The lowest BCUT2D eigenvalue weighted by molar-refractivity contribution is 0.103. The van der Waals surface area contributed by atoms with Crippen LogP contribution in [0.25, 0.3) is 11.1 Å². The van der Waals surface area contributed by atoms with Crippen LogP contribution < -0.4 is 5.73 Å². The van der Waals surface area contributed by atoms with E-state index in [1.165, 1.54) is 0 Å². The largest absolute Gasteiger partial charge is 0.507 e. The minimum Gasteiger partial charge on any atom is -0.507 e. The molecule has 230 valence electrons. The molecule has 3 aromatic rings. The summed E-state index contributed by atoms with van der Waals surface area (Å²) in [5.41, 5.74) is 11.6. The molecular weight excluding hydrogens is 550 g/mol. The number of aryl methyl sites for hydroxylation is 2. The lowest BCUT2D eigenvalue weighted by Gasteiger charge is -2.28. The van der Waals surface area contributed by atoms with Crippen LogP contribution in [0.5, 0.6) is 11.5 Å². The van der Waals surface area contributed by atoms with Crippen molar-refractivity contribution in [3.05, 3.63) is 75.8 Å². The SMILES string of the molecule is CC(CCc1cc(N)c2c(c1O)C(=O)c1c(-c3ccccc3)cc(CCC(C)CC(C)(C)C)c(O)c1C2=S)CC(C)(C)C. The molecule has 0 fully saturated rings. The molecule has 0 radical (unpaired) electrons. The lowest BCUT2D eigenvalue weighted by atomic mass is 9.76. The second-order valence-electron chi connectivity index (χ2n) is 15.2. The number of aromatic hydroxyl groups is 2. The Labute approximate surface area is 263 Å². The average Bonchev–Trinajstić information content (AvgIpc) is 2.89. The van der Waals surface area contributed by atoms with E-state index in [0.29, 0.717) is 63.0 Å². The molecule has 0 saturated heterocycles. The van der Waals surface area contributed by atoms with Crippen LogP contribution in [0.1, 0.15) is 119 Å². The number of rotatable bonds is 9. The molecule has 5 heteroatoms. The minimum absolute atomic E-state index is 0.0422. The van der Waals surface area contributed by atoms with Gasteiger partial charge in [0.05, 0.1) is 10.4 Å². The van der Waals surface area contributed by atoms with Crippen molar-refractivity contribution in [3.8, 4) is 22.6 Å². The maximum Gasteiger partial charge on any atom is 0.198 e. The van der Waals surface area contributed by atoms with Crippen molar-refractivity contribution in [2.75, 3.05) is 5.73 Å². The zero-order chi connectivity index (χ0) is 31.9. The van der Waals surface area contributed by atoms with Crippen molar-refractivity contribution in [2.24, 2.45) is 22.7 Å². The standard InChI is InChI=1S/C38H49NO3S/c1-22(20-37(3,4)5)14-16-25-18-27(24-12-10-9-11-13-24)29-32(34(25)41)36(43)30-28(39)19-26(33(40)31(30)35(29)42)17-15-23(2)21-38(6,7)8/h9-13,18-19,22-23,40-41H,14-17,20-21,39H2,1-8H3. The quantitative estimate of drug-likeness (QED) is 0.101. The van der Waals surface area contributed by atoms with Gasteiger partial charge in [-0.1, -0.05) is 97.9 Å². The lowest BCUT2D eigenvalue weighted by Crippen LogP contribution is -2.24. The highest BCUT2D eigenvalue weighted by atomic mass is 32.1. The third-order valence-electron chi connectivity index (χ3n) is 8.52. The van der Waals surface area contributed by atoms with Crippen molar-refractivity contribution in [3.63, 3.8) is 0 Å². The van der Waals surface area contributed by atoms with Crippen molar-refractivity contribution in [1.82, 2.24) is 0 Å². The first-order valence-corrected chi connectivity index (χ1v) is 16.1. The Kier molecular flexibility index (Phi) is 9.47. The number of fused-ring (bicyclic) bond motifs is 2. The van der Waals surface area contributed by atoms with Crippen LogP contribution in [0.2, 0.25) is 0 Å². The van der Waals surface area contributed by atoms with E-state index in [-0.39, 0.29) is 33.7 Å². The van der Waals surface area contributed by atoms with E-state index < -0.39 is 0 Å². The first-order valence-electron chi connectivity index (χ1n) is 15.7. The molecule has 4 nitrogen and oxygen atoms in total. The van der Waals surface area contributed by atoms with E-state index in [2.05, 4.69) is 55.4 Å². The molecule has 2 unspecified atom stereocenters. The van der Waals surface area contributed by atoms with Crippen LogP contribution in [0.4, 0.5) is 5.69 Å². The number of thiocarbonyl (C=S) groups is 1. The number of hydrogen-bond acceptors (Lipinski definition) is 5. The fraction of sp³-hybridized carbons (Fsp3) is 0.474. The van der Waals surface area contributed by atoms with E-state index in [4.69, 9.17) is 18.0 Å². The van der Waals surface area contributed by atoms with Crippen LogP contribution >= 0.6 is 12.2 Å². The summed E-state index contributed by atoms with van der Waals surface area (Å²) in [6.45, 7) is 17.9. The molecule has 0 bridgehead atoms. The van der Waals surface area contributed by atoms with Gasteiger partial charge in [0.25, 0.3) is 0 Å². The predicted molar refractivity (Wildman–Crippen MR) is 183 cm³/mol. The molecule has 4 N–H and O–H groups in total. The molecule has 3 aromatic carbocycles. The number of phenolic OH excluding ortho intramolecular Hbond substituents is 2. The predicted octanol–water partition coefficient (Wildman–Crippen LogP) is 9.67. The van der Waals surface area contributed by atoms with Gasteiger partial charge in [-0.2, -0.15) is 0 Å². The maximum absolute atomic E-state index is 14.4. The molecule has 0 amide bonds. The second kappa shape index (κ2) is 12.4. The molecule has 0 saturated carbocycles. The fourth-order valence-electron chi connectivity index (χ4n) is 6.98. The van der Waals surface area contributed by atoms with Gasteiger partial charge in [0.2, 0.25) is 0 Å². The Morgan fingerprint density at radius 3 is 1.74 bits per heavy atom. The zero-order valence-corrected chi connectivity index (χ0v) is 28.0. The average molecular weight is 600 g/mol. The van der Waals surface area contributed by atoms with E-state index >= 15 is 0 Å². The highest BCUT2D eigenvalue weighted by Gasteiger charge is 2.37. The van der Waals surface area contributed by atoms with Gasteiger partial charge >= 0.3 is 0 Å². The van der Waals surface area contributed by atoms with Gasteiger partial charge in [-0.05, 0) is 95.6 Å². The van der Waals surface area contributed by atoms with Crippen molar-refractivity contribution < 1.29 is 15.0 Å². The Hall–Kier alpha value is -3.18. The van der Waals surface area contributed by atoms with Gasteiger partial charge in [-0.25, -0.2) is 0 Å². The number of nitrogen functional groups attached to an aromatic ring is 1. The summed E-state index contributed by atoms with van der Waals surface area (Å²) in [6.07, 6.45) is 5.16. The van der Waals surface area contributed by atoms with Crippen molar-refractivity contribution in [1.29, 1.82) is 0 Å². The van der Waals surface area contributed by atoms with Crippen LogP contribution in [0.15, 0.2) is 42.5 Å². The van der Waals surface area contributed by atoms with Gasteiger partial charge in [0.1, 0.15) is 11.5 Å². The van der Waals surface area contributed by atoms with Gasteiger partial charge in [-0.3, -0.25) is 4.79 Å². The van der Waals surface area contributed by atoms with Crippen LogP contribution in [0.3, 0.4) is 0 Å².